The van der Waals surface area contributed by atoms with Gasteiger partial charge in [0.05, 0.1) is 6.61 Å². The number of aromatic nitrogens is 4. The summed E-state index contributed by atoms with van der Waals surface area (Å²) >= 11 is 0. The molecular weight excluding hydrogens is 454 g/mol. The van der Waals surface area contributed by atoms with E-state index in [0.29, 0.717) is 28.5 Å². The van der Waals surface area contributed by atoms with Gasteiger partial charge < -0.3 is 15.0 Å². The van der Waals surface area contributed by atoms with Crippen LogP contribution < -0.4 is 10.9 Å². The molecule has 4 aromatic rings. The van der Waals surface area contributed by atoms with Crippen molar-refractivity contribution in [2.45, 2.75) is 58.4 Å². The van der Waals surface area contributed by atoms with Crippen LogP contribution >= 0.6 is 0 Å². The summed E-state index contributed by atoms with van der Waals surface area (Å²) in [7, 11) is 0. The Bertz CT molecular complexity index is 1490. The van der Waals surface area contributed by atoms with E-state index in [1.54, 1.807) is 4.57 Å². The third kappa shape index (κ3) is 4.22. The highest BCUT2D eigenvalue weighted by Gasteiger charge is 2.43. The van der Waals surface area contributed by atoms with Gasteiger partial charge in [-0.2, -0.15) is 9.50 Å². The van der Waals surface area contributed by atoms with Crippen molar-refractivity contribution in [2.75, 3.05) is 11.9 Å². The third-order valence-corrected chi connectivity index (χ3v) is 7.18. The van der Waals surface area contributed by atoms with Crippen LogP contribution in [-0.2, 0) is 16.8 Å². The van der Waals surface area contributed by atoms with Gasteiger partial charge in [-0.05, 0) is 50.3 Å². The van der Waals surface area contributed by atoms with Crippen molar-refractivity contribution in [3.8, 4) is 11.4 Å². The predicted octanol–water partition coefficient (Wildman–Crippen LogP) is 3.96. The Hall–Kier alpha value is -3.78. The first-order chi connectivity index (χ1) is 17.2. The van der Waals surface area contributed by atoms with Crippen LogP contribution in [0.25, 0.3) is 17.2 Å². The van der Waals surface area contributed by atoms with Crippen LogP contribution in [-0.4, -0.2) is 36.8 Å². The molecule has 1 aliphatic rings. The molecule has 0 bridgehead atoms. The highest BCUT2D eigenvalue weighted by atomic mass is 16.3. The van der Waals surface area contributed by atoms with Gasteiger partial charge in [0.25, 0.3) is 5.56 Å². The molecule has 1 amide bonds. The van der Waals surface area contributed by atoms with E-state index in [2.05, 4.69) is 15.4 Å². The molecule has 1 fully saturated rings. The van der Waals surface area contributed by atoms with Crippen molar-refractivity contribution in [1.29, 1.82) is 0 Å². The topological polar surface area (TPSA) is 102 Å². The van der Waals surface area contributed by atoms with Crippen LogP contribution in [0, 0.1) is 13.8 Å². The number of benzene rings is 2. The van der Waals surface area contributed by atoms with Gasteiger partial charge in [-0.25, -0.2) is 0 Å². The summed E-state index contributed by atoms with van der Waals surface area (Å²) in [5.74, 6) is 0.484. The molecule has 0 saturated heterocycles. The number of amides is 1. The molecule has 0 atom stereocenters. The molecular formula is C28H31N5O3. The number of fused-ring (bicyclic) bond motifs is 1. The molecule has 0 radical (unpaired) electrons. The number of nitrogens with one attached hydrogen (secondary N) is 1. The number of anilines is 1. The lowest BCUT2D eigenvalue weighted by Crippen LogP contribution is -2.29. The minimum Gasteiger partial charge on any atom is -0.395 e. The lowest BCUT2D eigenvalue weighted by Gasteiger charge is -2.17. The summed E-state index contributed by atoms with van der Waals surface area (Å²) in [6, 6.07) is 15.5. The highest BCUT2D eigenvalue weighted by molar-refractivity contribution is 5.90. The van der Waals surface area contributed by atoms with Crippen molar-refractivity contribution in [1.82, 2.24) is 19.2 Å². The van der Waals surface area contributed by atoms with Crippen molar-refractivity contribution in [2.24, 2.45) is 0 Å². The van der Waals surface area contributed by atoms with Gasteiger partial charge >= 0.3 is 0 Å². The molecule has 2 N–H and O–H groups in total. The number of carbonyl (C=O) groups is 1. The van der Waals surface area contributed by atoms with Crippen LogP contribution in [0.1, 0.15) is 55.0 Å². The van der Waals surface area contributed by atoms with Gasteiger partial charge in [-0.3, -0.25) is 9.59 Å². The molecule has 0 unspecified atom stereocenters. The largest absolute Gasteiger partial charge is 0.395 e. The summed E-state index contributed by atoms with van der Waals surface area (Å²) in [6.45, 7) is 7.89. The van der Waals surface area contributed by atoms with Crippen LogP contribution in [0.2, 0.25) is 0 Å². The van der Waals surface area contributed by atoms with Gasteiger partial charge in [-0.15, -0.1) is 5.10 Å². The zero-order valence-electron chi connectivity index (χ0n) is 21.1. The van der Waals surface area contributed by atoms with E-state index >= 15 is 0 Å². The SMILES string of the molecule is Cc1ccc(NC(=O)Cn2c(C)c(C(C)C)c(=O)n3nc(-c4ccc(C5(CO)CC5)cc4)nc23)cc1. The van der Waals surface area contributed by atoms with E-state index in [-0.39, 0.29) is 36.0 Å². The van der Waals surface area contributed by atoms with Crippen LogP contribution in [0.5, 0.6) is 0 Å². The molecule has 36 heavy (non-hydrogen) atoms. The Kier molecular flexibility index (Phi) is 6.00. The van der Waals surface area contributed by atoms with E-state index in [1.165, 1.54) is 4.52 Å². The Balaban J connectivity index is 1.54. The fourth-order valence-corrected chi connectivity index (χ4v) is 4.80. The average molecular weight is 486 g/mol. The second-order valence-electron chi connectivity index (χ2n) is 10.1. The number of hydrogen-bond acceptors (Lipinski definition) is 5. The fraction of sp³-hybridized carbons (Fsp3) is 0.357. The van der Waals surface area contributed by atoms with E-state index in [1.807, 2.05) is 76.2 Å². The van der Waals surface area contributed by atoms with Gasteiger partial charge in [0.15, 0.2) is 5.82 Å². The molecule has 5 rings (SSSR count). The van der Waals surface area contributed by atoms with Gasteiger partial charge in [0.2, 0.25) is 11.7 Å². The smallest absolute Gasteiger partial charge is 0.279 e. The van der Waals surface area contributed by atoms with Crippen molar-refractivity contribution < 1.29 is 9.90 Å². The zero-order valence-corrected chi connectivity index (χ0v) is 21.1. The Morgan fingerprint density at radius 2 is 1.75 bits per heavy atom. The average Bonchev–Trinajstić information content (AvgIpc) is 3.53. The number of nitrogens with zero attached hydrogens (tertiary/aromatic N) is 4. The van der Waals surface area contributed by atoms with Crippen LogP contribution in [0.3, 0.4) is 0 Å². The number of rotatable bonds is 7. The molecule has 1 aliphatic carbocycles. The second kappa shape index (κ2) is 9.02. The monoisotopic (exact) mass is 485 g/mol. The number of aliphatic hydroxyl groups excluding tert-OH is 1. The summed E-state index contributed by atoms with van der Waals surface area (Å²) in [4.78, 5) is 31.0. The maximum absolute atomic E-state index is 13.3. The summed E-state index contributed by atoms with van der Waals surface area (Å²) in [5, 5.41) is 17.2. The fourth-order valence-electron chi connectivity index (χ4n) is 4.80. The molecule has 0 spiro atoms. The lowest BCUT2D eigenvalue weighted by molar-refractivity contribution is -0.116. The second-order valence-corrected chi connectivity index (χ2v) is 10.1. The molecule has 186 valence electrons. The number of aliphatic hydroxyl groups is 1. The molecule has 8 heteroatoms. The van der Waals surface area contributed by atoms with E-state index in [0.717, 1.165) is 29.5 Å². The molecule has 8 nitrogen and oxygen atoms in total. The van der Waals surface area contributed by atoms with Crippen molar-refractivity contribution >= 4 is 17.4 Å². The summed E-state index contributed by atoms with van der Waals surface area (Å²) in [5.41, 5.74) is 4.66. The van der Waals surface area contributed by atoms with Crippen molar-refractivity contribution in [3.63, 3.8) is 0 Å². The maximum Gasteiger partial charge on any atom is 0.279 e. The summed E-state index contributed by atoms with van der Waals surface area (Å²) in [6.07, 6.45) is 1.97. The quantitative estimate of drug-likeness (QED) is 0.413. The first kappa shape index (κ1) is 23.9. The lowest BCUT2D eigenvalue weighted by atomic mass is 9.96. The van der Waals surface area contributed by atoms with Gasteiger partial charge in [-0.1, -0.05) is 55.8 Å². The van der Waals surface area contributed by atoms with Crippen LogP contribution in [0.15, 0.2) is 53.3 Å². The Morgan fingerprint density at radius 3 is 2.33 bits per heavy atom. The third-order valence-electron chi connectivity index (χ3n) is 7.18. The molecule has 1 saturated carbocycles. The van der Waals surface area contributed by atoms with E-state index < -0.39 is 0 Å². The first-order valence-corrected chi connectivity index (χ1v) is 12.3. The molecule has 0 aliphatic heterocycles. The van der Waals surface area contributed by atoms with Gasteiger partial charge in [0.1, 0.15) is 6.54 Å². The van der Waals surface area contributed by atoms with Gasteiger partial charge in [0, 0.05) is 27.9 Å². The maximum atomic E-state index is 13.3. The van der Waals surface area contributed by atoms with Crippen LogP contribution in [0.4, 0.5) is 5.69 Å². The Morgan fingerprint density at radius 1 is 1.08 bits per heavy atom. The van der Waals surface area contributed by atoms with E-state index in [9.17, 15) is 14.7 Å². The minimum absolute atomic E-state index is 0.000694. The zero-order chi connectivity index (χ0) is 25.6. The van der Waals surface area contributed by atoms with E-state index in [4.69, 9.17) is 0 Å². The summed E-state index contributed by atoms with van der Waals surface area (Å²) < 4.78 is 3.07. The standard InChI is InChI=1S/C28H31N5O3/c1-17(2)24-19(4)32(15-23(35)29-22-11-5-18(3)6-12-22)27-30-25(31-33(27)26(24)36)20-7-9-21(10-8-20)28(16-34)13-14-28/h5-12,17,34H,13-16H2,1-4H3,(H,29,35). The predicted molar refractivity (Wildman–Crippen MR) is 139 cm³/mol. The number of carbonyl (C=O) groups excluding carboxylic acids is 1. The molecule has 2 aromatic carbocycles. The normalized spacial score (nSPS) is 14.4. The minimum atomic E-state index is -0.222. The molecule has 2 aromatic heterocycles. The molecule has 2 heterocycles. The Labute approximate surface area is 209 Å². The number of aryl methyl sites for hydroxylation is 1. The van der Waals surface area contributed by atoms with Crippen molar-refractivity contribution in [3.05, 3.63) is 81.3 Å². The number of hydrogen-bond donors (Lipinski definition) is 2. The highest BCUT2D eigenvalue weighted by Crippen LogP contribution is 2.47. The first-order valence-electron chi connectivity index (χ1n) is 12.3.